The highest BCUT2D eigenvalue weighted by atomic mass is 16.6. The summed E-state index contributed by atoms with van der Waals surface area (Å²) in [7, 11) is 0. The Morgan fingerprint density at radius 3 is 2.67 bits per heavy atom. The van der Waals surface area contributed by atoms with Gasteiger partial charge >= 0.3 is 11.9 Å². The van der Waals surface area contributed by atoms with Crippen molar-refractivity contribution < 1.29 is 23.9 Å². The maximum Gasteiger partial charge on any atom is 0.339 e. The van der Waals surface area contributed by atoms with E-state index in [1.54, 1.807) is 19.1 Å². The lowest BCUT2D eigenvalue weighted by atomic mass is 9.93. The number of likely N-dealkylation sites (N-methyl/N-ethyl adjacent to an activating group) is 1. The van der Waals surface area contributed by atoms with Gasteiger partial charge in [-0.05, 0) is 43.2 Å². The molecular formula is C21H21NO5. The summed E-state index contributed by atoms with van der Waals surface area (Å²) in [6.45, 7) is 3.77. The molecule has 1 aliphatic rings. The molecule has 2 aromatic rings. The summed E-state index contributed by atoms with van der Waals surface area (Å²) in [5, 5.41) is 2.60. The number of hydrogen-bond donors (Lipinski definition) is 1. The number of hydrogen-bond acceptors (Lipinski definition) is 5. The summed E-state index contributed by atoms with van der Waals surface area (Å²) < 4.78 is 10.7. The molecule has 1 aliphatic heterocycles. The summed E-state index contributed by atoms with van der Waals surface area (Å²) in [6.07, 6.45) is -0.819. The molecule has 3 rings (SSSR count). The second-order valence-electron chi connectivity index (χ2n) is 6.32. The summed E-state index contributed by atoms with van der Waals surface area (Å²) >= 11 is 0. The number of nitrogens with one attached hydrogen (secondary N) is 1. The van der Waals surface area contributed by atoms with Crippen LogP contribution in [0.2, 0.25) is 0 Å². The minimum absolute atomic E-state index is 0.298. The molecule has 6 nitrogen and oxygen atoms in total. The third kappa shape index (κ3) is 4.16. The van der Waals surface area contributed by atoms with Gasteiger partial charge in [-0.2, -0.15) is 0 Å². The zero-order chi connectivity index (χ0) is 19.4. The number of benzene rings is 2. The number of fused-ring (bicyclic) bond motifs is 1. The summed E-state index contributed by atoms with van der Waals surface area (Å²) in [4.78, 5) is 36.4. The molecule has 0 bridgehead atoms. The molecule has 1 amide bonds. The van der Waals surface area contributed by atoms with Crippen LogP contribution in [0.15, 0.2) is 48.5 Å². The second kappa shape index (κ2) is 8.03. The number of carbonyl (C=O) groups excluding carboxylic acids is 3. The fraction of sp³-hybridized carbons (Fsp3) is 0.286. The van der Waals surface area contributed by atoms with E-state index in [9.17, 15) is 14.4 Å². The molecule has 27 heavy (non-hydrogen) atoms. The maximum atomic E-state index is 12.4. The minimum Gasteiger partial charge on any atom is -0.454 e. The Morgan fingerprint density at radius 1 is 1.22 bits per heavy atom. The van der Waals surface area contributed by atoms with Crippen LogP contribution in [0.5, 0.6) is 0 Å². The van der Waals surface area contributed by atoms with E-state index >= 15 is 0 Å². The van der Waals surface area contributed by atoms with Crippen LogP contribution < -0.4 is 5.32 Å². The van der Waals surface area contributed by atoms with Crippen LogP contribution >= 0.6 is 0 Å². The van der Waals surface area contributed by atoms with Gasteiger partial charge in [0.05, 0.1) is 11.1 Å². The third-order valence-electron chi connectivity index (χ3n) is 4.39. The molecule has 0 fully saturated rings. The van der Waals surface area contributed by atoms with E-state index in [-0.39, 0.29) is 5.91 Å². The Balaban J connectivity index is 1.79. The minimum atomic E-state index is -0.893. The van der Waals surface area contributed by atoms with E-state index in [2.05, 4.69) is 5.32 Å². The predicted octanol–water partition coefficient (Wildman–Crippen LogP) is 2.82. The van der Waals surface area contributed by atoms with Crippen molar-refractivity contribution in [3.63, 3.8) is 0 Å². The SMILES string of the molecule is CCNC(=O)[C@@H](C)OC(=O)c1ccc2c(c1)C[C@H](c1ccccc1)OC2=O. The van der Waals surface area contributed by atoms with Crippen molar-refractivity contribution >= 4 is 17.8 Å². The number of carbonyl (C=O) groups is 3. The quantitative estimate of drug-likeness (QED) is 0.822. The lowest BCUT2D eigenvalue weighted by Gasteiger charge is -2.25. The van der Waals surface area contributed by atoms with Gasteiger partial charge in [-0.15, -0.1) is 0 Å². The number of rotatable bonds is 5. The molecular weight excluding hydrogens is 346 g/mol. The van der Waals surface area contributed by atoms with Crippen molar-refractivity contribution in [1.29, 1.82) is 0 Å². The summed E-state index contributed by atoms with van der Waals surface area (Å²) in [5.74, 6) is -1.37. The average molecular weight is 367 g/mol. The molecule has 1 N–H and O–H groups in total. The lowest BCUT2D eigenvalue weighted by molar-refractivity contribution is -0.128. The molecule has 2 atom stereocenters. The fourth-order valence-electron chi connectivity index (χ4n) is 2.98. The third-order valence-corrected chi connectivity index (χ3v) is 4.39. The van der Waals surface area contributed by atoms with Crippen LogP contribution in [-0.2, 0) is 20.7 Å². The molecule has 0 aliphatic carbocycles. The molecule has 0 saturated heterocycles. The van der Waals surface area contributed by atoms with Gasteiger partial charge in [-0.1, -0.05) is 30.3 Å². The second-order valence-corrected chi connectivity index (χ2v) is 6.32. The van der Waals surface area contributed by atoms with Gasteiger partial charge in [0.2, 0.25) is 0 Å². The van der Waals surface area contributed by atoms with Crippen molar-refractivity contribution in [2.24, 2.45) is 0 Å². The van der Waals surface area contributed by atoms with Gasteiger partial charge in [0, 0.05) is 13.0 Å². The van der Waals surface area contributed by atoms with E-state index in [1.807, 2.05) is 30.3 Å². The van der Waals surface area contributed by atoms with E-state index in [0.29, 0.717) is 24.1 Å². The van der Waals surface area contributed by atoms with E-state index in [0.717, 1.165) is 11.1 Å². The van der Waals surface area contributed by atoms with Crippen LogP contribution in [0.4, 0.5) is 0 Å². The zero-order valence-corrected chi connectivity index (χ0v) is 15.2. The Kier molecular flexibility index (Phi) is 5.54. The molecule has 2 aromatic carbocycles. The van der Waals surface area contributed by atoms with Crippen molar-refractivity contribution in [2.45, 2.75) is 32.5 Å². The highest BCUT2D eigenvalue weighted by molar-refractivity contribution is 5.96. The lowest BCUT2D eigenvalue weighted by Crippen LogP contribution is -2.35. The molecule has 0 spiro atoms. The van der Waals surface area contributed by atoms with Crippen LogP contribution in [0.3, 0.4) is 0 Å². The monoisotopic (exact) mass is 367 g/mol. The van der Waals surface area contributed by atoms with Gasteiger partial charge < -0.3 is 14.8 Å². The Hall–Kier alpha value is -3.15. The molecule has 1 heterocycles. The fourth-order valence-corrected chi connectivity index (χ4v) is 2.98. The van der Waals surface area contributed by atoms with E-state index in [4.69, 9.17) is 9.47 Å². The van der Waals surface area contributed by atoms with Crippen LogP contribution in [-0.4, -0.2) is 30.5 Å². The van der Waals surface area contributed by atoms with Crippen molar-refractivity contribution in [1.82, 2.24) is 5.32 Å². The molecule has 0 radical (unpaired) electrons. The first kappa shape index (κ1) is 18.6. The molecule has 0 saturated carbocycles. The standard InChI is InChI=1S/C21H21NO5/c1-3-22-19(23)13(2)26-20(24)15-9-10-17-16(11-15)12-18(27-21(17)25)14-7-5-4-6-8-14/h4-11,13,18H,3,12H2,1-2H3,(H,22,23)/t13-,18-/m1/s1. The highest BCUT2D eigenvalue weighted by Gasteiger charge is 2.28. The van der Waals surface area contributed by atoms with E-state index < -0.39 is 24.1 Å². The first-order chi connectivity index (χ1) is 13.0. The smallest absolute Gasteiger partial charge is 0.339 e. The van der Waals surface area contributed by atoms with Gasteiger partial charge in [-0.25, -0.2) is 9.59 Å². The number of cyclic esters (lactones) is 1. The molecule has 0 aromatic heterocycles. The number of amides is 1. The Bertz CT molecular complexity index is 862. The summed E-state index contributed by atoms with van der Waals surface area (Å²) in [6, 6.07) is 14.2. The molecule has 6 heteroatoms. The largest absolute Gasteiger partial charge is 0.454 e. The number of ether oxygens (including phenoxy) is 2. The van der Waals surface area contributed by atoms with Crippen molar-refractivity contribution in [3.05, 3.63) is 70.8 Å². The highest BCUT2D eigenvalue weighted by Crippen LogP contribution is 2.31. The van der Waals surface area contributed by atoms with Gasteiger partial charge in [0.15, 0.2) is 6.10 Å². The van der Waals surface area contributed by atoms with Gasteiger partial charge in [-0.3, -0.25) is 4.79 Å². The molecule has 140 valence electrons. The van der Waals surface area contributed by atoms with Gasteiger partial charge in [0.1, 0.15) is 6.10 Å². The molecule has 0 unspecified atom stereocenters. The van der Waals surface area contributed by atoms with Crippen molar-refractivity contribution in [3.8, 4) is 0 Å². The predicted molar refractivity (Wildman–Crippen MR) is 98.3 cm³/mol. The van der Waals surface area contributed by atoms with Crippen LogP contribution in [0.1, 0.15) is 51.8 Å². The van der Waals surface area contributed by atoms with Crippen molar-refractivity contribution in [2.75, 3.05) is 6.54 Å². The normalized spacial score (nSPS) is 16.7. The summed E-state index contributed by atoms with van der Waals surface area (Å²) in [5.41, 5.74) is 2.36. The zero-order valence-electron chi connectivity index (χ0n) is 15.2. The Labute approximate surface area is 157 Å². The van der Waals surface area contributed by atoms with Crippen LogP contribution in [0.25, 0.3) is 0 Å². The first-order valence-corrected chi connectivity index (χ1v) is 8.87. The average Bonchev–Trinajstić information content (AvgIpc) is 2.68. The van der Waals surface area contributed by atoms with Crippen LogP contribution in [0, 0.1) is 0 Å². The maximum absolute atomic E-state index is 12.4. The first-order valence-electron chi connectivity index (χ1n) is 8.87. The Morgan fingerprint density at radius 2 is 1.96 bits per heavy atom. The topological polar surface area (TPSA) is 81.7 Å². The van der Waals surface area contributed by atoms with E-state index in [1.165, 1.54) is 13.0 Å². The number of esters is 2. The van der Waals surface area contributed by atoms with Gasteiger partial charge in [0.25, 0.3) is 5.91 Å².